The van der Waals surface area contributed by atoms with Crippen LogP contribution in [0.2, 0.25) is 0 Å². The number of methoxy groups -OCH3 is 1. The molecule has 0 radical (unpaired) electrons. The number of hydrogen-bond donors (Lipinski definition) is 0. The molecule has 4 rings (SSSR count). The molecule has 1 aliphatic rings. The first-order valence-electron chi connectivity index (χ1n) is 10.5. The lowest BCUT2D eigenvalue weighted by Gasteiger charge is -2.23. The first-order chi connectivity index (χ1) is 16.1. The summed E-state index contributed by atoms with van der Waals surface area (Å²) in [7, 11) is 1.30. The maximum Gasteiger partial charge on any atom is 0.337 e. The van der Waals surface area contributed by atoms with Gasteiger partial charge in [-0.1, -0.05) is 23.5 Å². The van der Waals surface area contributed by atoms with E-state index in [1.165, 1.54) is 29.2 Å². The van der Waals surface area contributed by atoms with Crippen molar-refractivity contribution in [1.29, 1.82) is 0 Å². The van der Waals surface area contributed by atoms with Gasteiger partial charge in [0.2, 0.25) is 0 Å². The van der Waals surface area contributed by atoms with E-state index in [-0.39, 0.29) is 11.1 Å². The minimum absolute atomic E-state index is 0.251. The Morgan fingerprint density at radius 1 is 1.15 bits per heavy atom. The summed E-state index contributed by atoms with van der Waals surface area (Å²) < 4.78 is 18.4. The molecule has 0 aliphatic carbocycles. The van der Waals surface area contributed by atoms with Crippen molar-refractivity contribution in [2.75, 3.05) is 20.3 Å². The molecule has 9 heteroatoms. The lowest BCUT2D eigenvalue weighted by molar-refractivity contribution is -0.136. The first kappa shape index (κ1) is 22.5. The third-order valence-corrected chi connectivity index (χ3v) is 5.97. The molecule has 1 atom stereocenters. The summed E-state index contributed by atoms with van der Waals surface area (Å²) in [4.78, 5) is 35.2. The van der Waals surface area contributed by atoms with E-state index >= 15 is 0 Å². The summed E-state index contributed by atoms with van der Waals surface area (Å²) in [6, 6.07) is 10.1. The van der Waals surface area contributed by atoms with E-state index in [2.05, 4.69) is 9.98 Å². The van der Waals surface area contributed by atoms with Crippen LogP contribution in [-0.4, -0.2) is 35.8 Å². The van der Waals surface area contributed by atoms with Gasteiger partial charge in [0.05, 0.1) is 42.2 Å². The Bertz CT molecular complexity index is 1380. The molecule has 3 aromatic rings. The highest BCUT2D eigenvalue weighted by Crippen LogP contribution is 2.35. The highest BCUT2D eigenvalue weighted by Gasteiger charge is 2.31. The number of ether oxygens (including phenoxy) is 3. The van der Waals surface area contributed by atoms with Crippen molar-refractivity contribution in [3.63, 3.8) is 0 Å². The van der Waals surface area contributed by atoms with Crippen molar-refractivity contribution in [1.82, 2.24) is 9.55 Å². The summed E-state index contributed by atoms with van der Waals surface area (Å²) in [6.07, 6.45) is 4.84. The molecule has 0 saturated carbocycles. The molecular formula is C24H23N3O5S. The normalized spacial score (nSPS) is 15.3. The number of rotatable bonds is 7. The standard InChI is InChI=1S/C24H23N3O5S/c1-4-31-18-10-9-15(12-19(18)32-5-2)21-17(23(29)30-3)14-26-24-27(21)22(28)20(33-24)13-16-8-6-7-11-25-16/h6-14,21H,4-5H2,1-3H3/b20-13-/t21-/m1/s1. The van der Waals surface area contributed by atoms with E-state index in [1.807, 2.05) is 38.1 Å². The molecule has 0 spiro atoms. The van der Waals surface area contributed by atoms with Crippen molar-refractivity contribution >= 4 is 23.4 Å². The average Bonchev–Trinajstić information content (AvgIpc) is 3.15. The van der Waals surface area contributed by atoms with E-state index in [4.69, 9.17) is 14.2 Å². The Hall–Kier alpha value is -3.72. The molecule has 0 N–H and O–H groups in total. The second-order valence-corrected chi connectivity index (χ2v) is 8.01. The van der Waals surface area contributed by atoms with Gasteiger partial charge in [0.1, 0.15) is 0 Å². The molecule has 33 heavy (non-hydrogen) atoms. The third kappa shape index (κ3) is 4.45. The van der Waals surface area contributed by atoms with Crippen molar-refractivity contribution in [2.45, 2.75) is 19.9 Å². The molecule has 1 aromatic carbocycles. The fourth-order valence-corrected chi connectivity index (χ4v) is 4.54. The summed E-state index contributed by atoms with van der Waals surface area (Å²) >= 11 is 1.24. The van der Waals surface area contributed by atoms with Crippen LogP contribution in [0.4, 0.5) is 0 Å². The number of thiazole rings is 1. The quantitative estimate of drug-likeness (QED) is 0.497. The van der Waals surface area contributed by atoms with Crippen molar-refractivity contribution in [3.8, 4) is 11.5 Å². The second-order valence-electron chi connectivity index (χ2n) is 7.00. The monoisotopic (exact) mass is 465 g/mol. The molecule has 8 nitrogen and oxygen atoms in total. The van der Waals surface area contributed by atoms with Gasteiger partial charge in [-0.2, -0.15) is 0 Å². The van der Waals surface area contributed by atoms with Crippen LogP contribution in [-0.2, 0) is 9.53 Å². The van der Waals surface area contributed by atoms with E-state index in [1.54, 1.807) is 24.4 Å². The molecular weight excluding hydrogens is 442 g/mol. The molecule has 0 fully saturated rings. The van der Waals surface area contributed by atoms with Crippen LogP contribution in [0.15, 0.2) is 64.2 Å². The Morgan fingerprint density at radius 3 is 2.64 bits per heavy atom. The Labute approximate surface area is 194 Å². The second kappa shape index (κ2) is 9.83. The molecule has 0 bridgehead atoms. The van der Waals surface area contributed by atoms with Crippen LogP contribution in [0.1, 0.15) is 31.1 Å². The fourth-order valence-electron chi connectivity index (χ4n) is 3.58. The van der Waals surface area contributed by atoms with Gasteiger partial charge in [-0.3, -0.25) is 14.3 Å². The number of carbonyl (C=O) groups is 1. The van der Waals surface area contributed by atoms with Crippen LogP contribution in [0, 0.1) is 0 Å². The Balaban J connectivity index is 1.91. The van der Waals surface area contributed by atoms with Crippen molar-refractivity contribution < 1.29 is 19.0 Å². The number of pyridine rings is 1. The number of aromatic nitrogens is 2. The van der Waals surface area contributed by atoms with Gasteiger partial charge in [0, 0.05) is 12.4 Å². The molecule has 0 unspecified atom stereocenters. The SMILES string of the molecule is CCOc1ccc([C@@H]2C(C(=O)OC)=CN=c3s/c(=C\c4ccccn4)c(=O)n32)cc1OCC. The van der Waals surface area contributed by atoms with E-state index < -0.39 is 12.0 Å². The van der Waals surface area contributed by atoms with Gasteiger partial charge in [0.15, 0.2) is 16.3 Å². The molecule has 2 aromatic heterocycles. The summed E-state index contributed by atoms with van der Waals surface area (Å²) in [5.74, 6) is 0.567. The number of fused-ring (bicyclic) bond motifs is 1. The van der Waals surface area contributed by atoms with Crippen LogP contribution in [0.25, 0.3) is 6.08 Å². The van der Waals surface area contributed by atoms with Gasteiger partial charge in [-0.25, -0.2) is 9.79 Å². The maximum absolute atomic E-state index is 13.5. The van der Waals surface area contributed by atoms with Crippen molar-refractivity contribution in [3.05, 3.63) is 85.3 Å². The number of hydrogen-bond acceptors (Lipinski definition) is 8. The average molecular weight is 466 g/mol. The zero-order valence-corrected chi connectivity index (χ0v) is 19.3. The highest BCUT2D eigenvalue weighted by molar-refractivity contribution is 7.07. The number of benzene rings is 1. The summed E-state index contributed by atoms with van der Waals surface area (Å²) in [5.41, 5.74) is 1.32. The minimum Gasteiger partial charge on any atom is -0.490 e. The van der Waals surface area contributed by atoms with Crippen LogP contribution < -0.4 is 24.4 Å². The zero-order valence-electron chi connectivity index (χ0n) is 18.5. The molecule has 1 aliphatic heterocycles. The molecule has 170 valence electrons. The number of esters is 1. The smallest absolute Gasteiger partial charge is 0.337 e. The van der Waals surface area contributed by atoms with Crippen LogP contribution in [0.3, 0.4) is 0 Å². The lowest BCUT2D eigenvalue weighted by atomic mass is 9.97. The third-order valence-electron chi connectivity index (χ3n) is 4.97. The van der Waals surface area contributed by atoms with E-state index in [0.29, 0.717) is 45.3 Å². The molecule has 0 saturated heterocycles. The highest BCUT2D eigenvalue weighted by atomic mass is 32.1. The predicted molar refractivity (Wildman–Crippen MR) is 124 cm³/mol. The summed E-state index contributed by atoms with van der Waals surface area (Å²) in [5, 5.41) is 0. The Kier molecular flexibility index (Phi) is 6.69. The molecule has 3 heterocycles. The Morgan fingerprint density at radius 2 is 1.94 bits per heavy atom. The van der Waals surface area contributed by atoms with Gasteiger partial charge < -0.3 is 14.2 Å². The number of nitrogens with zero attached hydrogens (tertiary/aromatic N) is 3. The van der Waals surface area contributed by atoms with E-state index in [0.717, 1.165) is 0 Å². The van der Waals surface area contributed by atoms with Crippen LogP contribution in [0.5, 0.6) is 11.5 Å². The summed E-state index contributed by atoms with van der Waals surface area (Å²) in [6.45, 7) is 4.69. The maximum atomic E-state index is 13.5. The zero-order chi connectivity index (χ0) is 23.4. The van der Waals surface area contributed by atoms with Crippen LogP contribution >= 0.6 is 11.3 Å². The minimum atomic E-state index is -0.727. The van der Waals surface area contributed by atoms with E-state index in [9.17, 15) is 9.59 Å². The predicted octanol–water partition coefficient (Wildman–Crippen LogP) is 2.21. The van der Waals surface area contributed by atoms with Gasteiger partial charge >= 0.3 is 5.97 Å². The van der Waals surface area contributed by atoms with Gasteiger partial charge in [-0.05, 0) is 49.8 Å². The first-order valence-corrected chi connectivity index (χ1v) is 11.3. The molecule has 0 amide bonds. The lowest BCUT2D eigenvalue weighted by Crippen LogP contribution is -2.39. The largest absolute Gasteiger partial charge is 0.490 e. The fraction of sp³-hybridized carbons (Fsp3) is 0.250. The van der Waals surface area contributed by atoms with Gasteiger partial charge in [-0.15, -0.1) is 0 Å². The number of carbonyl (C=O) groups excluding carboxylic acids is 1. The van der Waals surface area contributed by atoms with Gasteiger partial charge in [0.25, 0.3) is 5.56 Å². The van der Waals surface area contributed by atoms with Crippen molar-refractivity contribution in [2.24, 2.45) is 4.99 Å². The topological polar surface area (TPSA) is 92.0 Å².